The Bertz CT molecular complexity index is 124. The monoisotopic (exact) mass is 204 g/mol. The average Bonchev–Trinajstić information content (AvgIpc) is 2.04. The van der Waals surface area contributed by atoms with Crippen molar-refractivity contribution >= 4 is 26.4 Å². The van der Waals surface area contributed by atoms with Crippen LogP contribution in [0.25, 0.3) is 0 Å². The first kappa shape index (κ1) is 12.2. The Balaban J connectivity index is 3.23. The normalized spacial score (nSPS) is 10.7. The van der Waals surface area contributed by atoms with E-state index in [1.54, 1.807) is 0 Å². The highest BCUT2D eigenvalue weighted by Gasteiger charge is 2.04. The zero-order valence-electron chi connectivity index (χ0n) is 7.90. The van der Waals surface area contributed by atoms with E-state index in [9.17, 15) is 4.79 Å². The molecule has 0 aromatic heterocycles. The predicted octanol–water partition coefficient (Wildman–Crippen LogP) is 3.26. The summed E-state index contributed by atoms with van der Waals surface area (Å²) in [4.78, 5) is 10.4. The SMILES string of the molecule is CCC(CC)[Si]CCCC(=O)Cl. The Hall–Kier alpha value is 0.177. The molecule has 0 atom stereocenters. The van der Waals surface area contributed by atoms with Crippen molar-refractivity contribution in [2.45, 2.75) is 51.1 Å². The molecule has 0 aliphatic heterocycles. The third-order valence-electron chi connectivity index (χ3n) is 1.97. The molecule has 1 nitrogen and oxygen atoms in total. The van der Waals surface area contributed by atoms with Crippen LogP contribution in [0.3, 0.4) is 0 Å². The molecule has 12 heavy (non-hydrogen) atoms. The van der Waals surface area contributed by atoms with Crippen LogP contribution >= 0.6 is 11.6 Å². The van der Waals surface area contributed by atoms with Crippen LogP contribution in [0, 0.1) is 0 Å². The largest absolute Gasteiger partial charge is 0.281 e. The van der Waals surface area contributed by atoms with Gasteiger partial charge < -0.3 is 0 Å². The van der Waals surface area contributed by atoms with Crippen LogP contribution in [-0.4, -0.2) is 14.8 Å². The fraction of sp³-hybridized carbons (Fsp3) is 0.889. The zero-order valence-corrected chi connectivity index (χ0v) is 9.66. The van der Waals surface area contributed by atoms with Gasteiger partial charge >= 0.3 is 0 Å². The molecule has 0 aromatic rings. The minimum absolute atomic E-state index is 0.190. The highest BCUT2D eigenvalue weighted by Crippen LogP contribution is 2.15. The van der Waals surface area contributed by atoms with Crippen LogP contribution in [-0.2, 0) is 4.79 Å². The number of carbonyl (C=O) groups is 1. The summed E-state index contributed by atoms with van der Waals surface area (Å²) in [5.41, 5.74) is 0.871. The number of halogens is 1. The quantitative estimate of drug-likeness (QED) is 0.354. The minimum Gasteiger partial charge on any atom is -0.281 e. The standard InChI is InChI=1S/C9H17ClOSi/c1-3-8(4-2)12-7-5-6-9(10)11/h8H,3-7H2,1-2H3. The van der Waals surface area contributed by atoms with Gasteiger partial charge in [0.05, 0.1) is 0 Å². The van der Waals surface area contributed by atoms with Crippen LogP contribution in [0.2, 0.25) is 11.6 Å². The summed E-state index contributed by atoms with van der Waals surface area (Å²) in [6.45, 7) is 4.46. The molecule has 0 N–H and O–H groups in total. The summed E-state index contributed by atoms with van der Waals surface area (Å²) in [6.07, 6.45) is 4.06. The van der Waals surface area contributed by atoms with Crippen molar-refractivity contribution in [1.29, 1.82) is 0 Å². The summed E-state index contributed by atoms with van der Waals surface area (Å²) < 4.78 is 0. The highest BCUT2D eigenvalue weighted by molar-refractivity contribution is 6.63. The molecular weight excluding hydrogens is 188 g/mol. The lowest BCUT2D eigenvalue weighted by Gasteiger charge is -2.09. The second-order valence-corrected chi connectivity index (χ2v) is 5.07. The van der Waals surface area contributed by atoms with Gasteiger partial charge in [-0.15, -0.1) is 0 Å². The lowest BCUT2D eigenvalue weighted by molar-refractivity contribution is -0.111. The Morgan fingerprint density at radius 3 is 2.42 bits per heavy atom. The summed E-state index contributed by atoms with van der Waals surface area (Å²) >= 11 is 5.23. The first-order valence-electron chi connectivity index (χ1n) is 4.62. The van der Waals surface area contributed by atoms with Gasteiger partial charge in [-0.1, -0.05) is 32.7 Å². The Morgan fingerprint density at radius 2 is 2.00 bits per heavy atom. The smallest absolute Gasteiger partial charge is 0.221 e. The third-order valence-corrected chi connectivity index (χ3v) is 4.19. The molecule has 0 unspecified atom stereocenters. The Kier molecular flexibility index (Phi) is 7.92. The van der Waals surface area contributed by atoms with Crippen LogP contribution in [0.5, 0.6) is 0 Å². The molecule has 70 valence electrons. The maximum atomic E-state index is 10.4. The van der Waals surface area contributed by atoms with Gasteiger partial charge in [0.1, 0.15) is 0 Å². The molecule has 0 saturated carbocycles. The molecule has 0 rings (SSSR count). The maximum absolute atomic E-state index is 10.4. The predicted molar refractivity (Wildman–Crippen MR) is 55.0 cm³/mol. The van der Waals surface area contributed by atoms with E-state index in [-0.39, 0.29) is 5.24 Å². The molecule has 0 aliphatic rings. The molecule has 0 spiro atoms. The van der Waals surface area contributed by atoms with Crippen molar-refractivity contribution in [2.75, 3.05) is 0 Å². The molecule has 0 fully saturated rings. The van der Waals surface area contributed by atoms with E-state index in [1.807, 2.05) is 0 Å². The summed E-state index contributed by atoms with van der Waals surface area (Å²) in [5, 5.41) is -0.190. The van der Waals surface area contributed by atoms with Crippen LogP contribution in [0.15, 0.2) is 0 Å². The lowest BCUT2D eigenvalue weighted by atomic mass is 10.3. The minimum atomic E-state index is -0.190. The van der Waals surface area contributed by atoms with E-state index < -0.39 is 0 Å². The van der Waals surface area contributed by atoms with Gasteiger partial charge in [0.15, 0.2) is 0 Å². The average molecular weight is 205 g/mol. The topological polar surface area (TPSA) is 17.1 Å². The number of hydrogen-bond acceptors (Lipinski definition) is 1. The van der Waals surface area contributed by atoms with E-state index in [1.165, 1.54) is 18.9 Å². The van der Waals surface area contributed by atoms with Crippen molar-refractivity contribution in [3.8, 4) is 0 Å². The van der Waals surface area contributed by atoms with Gasteiger partial charge in [-0.2, -0.15) is 0 Å². The van der Waals surface area contributed by atoms with Crippen LogP contribution in [0.4, 0.5) is 0 Å². The van der Waals surface area contributed by atoms with E-state index in [4.69, 9.17) is 11.6 Å². The number of rotatable bonds is 7. The van der Waals surface area contributed by atoms with Crippen LogP contribution < -0.4 is 0 Å². The molecular formula is C9H17ClOSi. The van der Waals surface area contributed by atoms with E-state index >= 15 is 0 Å². The highest BCUT2D eigenvalue weighted by atomic mass is 35.5. The first-order chi connectivity index (χ1) is 5.70. The van der Waals surface area contributed by atoms with E-state index in [0.29, 0.717) is 6.42 Å². The molecule has 2 radical (unpaired) electrons. The summed E-state index contributed by atoms with van der Waals surface area (Å²) in [6, 6.07) is 1.17. The van der Waals surface area contributed by atoms with E-state index in [0.717, 1.165) is 21.5 Å². The van der Waals surface area contributed by atoms with Crippen molar-refractivity contribution in [3.63, 3.8) is 0 Å². The molecule has 3 heteroatoms. The molecule has 0 amide bonds. The van der Waals surface area contributed by atoms with Gasteiger partial charge in [0.25, 0.3) is 0 Å². The van der Waals surface area contributed by atoms with Gasteiger partial charge in [-0.25, -0.2) is 0 Å². The van der Waals surface area contributed by atoms with Crippen LogP contribution in [0.1, 0.15) is 39.5 Å². The van der Waals surface area contributed by atoms with Crippen molar-refractivity contribution < 1.29 is 4.79 Å². The fourth-order valence-electron chi connectivity index (χ4n) is 1.11. The van der Waals surface area contributed by atoms with Crippen molar-refractivity contribution in [3.05, 3.63) is 0 Å². The lowest BCUT2D eigenvalue weighted by Crippen LogP contribution is -2.01. The van der Waals surface area contributed by atoms with Crippen molar-refractivity contribution in [2.24, 2.45) is 0 Å². The second-order valence-electron chi connectivity index (χ2n) is 2.93. The Labute approximate surface area is 82.7 Å². The van der Waals surface area contributed by atoms with Gasteiger partial charge in [-0.05, 0) is 23.6 Å². The third kappa shape index (κ3) is 6.86. The van der Waals surface area contributed by atoms with Gasteiger partial charge in [-0.3, -0.25) is 4.79 Å². The molecule has 0 aliphatic carbocycles. The number of hydrogen-bond donors (Lipinski definition) is 0. The summed E-state index contributed by atoms with van der Waals surface area (Å²) in [5.74, 6) is 0. The molecule has 0 bridgehead atoms. The molecule has 0 saturated heterocycles. The first-order valence-corrected chi connectivity index (χ1v) is 6.28. The Morgan fingerprint density at radius 1 is 1.42 bits per heavy atom. The van der Waals surface area contributed by atoms with Gasteiger partial charge in [0, 0.05) is 15.9 Å². The second kappa shape index (κ2) is 7.81. The molecule has 0 aromatic carbocycles. The zero-order chi connectivity index (χ0) is 9.40. The molecule has 0 heterocycles. The van der Waals surface area contributed by atoms with E-state index in [2.05, 4.69) is 13.8 Å². The maximum Gasteiger partial charge on any atom is 0.221 e. The van der Waals surface area contributed by atoms with Crippen molar-refractivity contribution in [1.82, 2.24) is 0 Å². The fourth-order valence-corrected chi connectivity index (χ4v) is 2.61. The summed E-state index contributed by atoms with van der Waals surface area (Å²) in [7, 11) is 1.01. The van der Waals surface area contributed by atoms with Gasteiger partial charge in [0.2, 0.25) is 5.24 Å². The number of carbonyl (C=O) groups excluding carboxylic acids is 1.